The Morgan fingerprint density at radius 1 is 1.15 bits per heavy atom. The van der Waals surface area contributed by atoms with Crippen LogP contribution in [0.25, 0.3) is 0 Å². The molecule has 4 rings (SSSR count). The van der Waals surface area contributed by atoms with Gasteiger partial charge in [0.25, 0.3) is 0 Å². The first-order chi connectivity index (χ1) is 12.7. The quantitative estimate of drug-likeness (QED) is 0.738. The molecule has 0 saturated carbocycles. The van der Waals surface area contributed by atoms with Crippen molar-refractivity contribution < 1.29 is 4.39 Å². The maximum Gasteiger partial charge on any atom is 0.170 e. The van der Waals surface area contributed by atoms with Gasteiger partial charge in [-0.15, -0.1) is 11.3 Å². The van der Waals surface area contributed by atoms with Crippen molar-refractivity contribution in [3.63, 3.8) is 0 Å². The second-order valence-corrected chi connectivity index (χ2v) is 8.70. The molecule has 26 heavy (non-hydrogen) atoms. The van der Waals surface area contributed by atoms with Crippen LogP contribution in [0.5, 0.6) is 0 Å². The Balaban J connectivity index is 1.34. The lowest BCUT2D eigenvalue weighted by molar-refractivity contribution is 0.0220. The van der Waals surface area contributed by atoms with E-state index >= 15 is 0 Å². The zero-order valence-electron chi connectivity index (χ0n) is 14.7. The number of rotatable bonds is 4. The van der Waals surface area contributed by atoms with Crippen LogP contribution >= 0.6 is 23.6 Å². The number of nitrogens with zero attached hydrogens (tertiary/aromatic N) is 1. The van der Waals surface area contributed by atoms with Gasteiger partial charge in [-0.05, 0) is 73.6 Å². The Hall–Kier alpha value is -1.50. The number of thiophene rings is 1. The molecule has 1 unspecified atom stereocenters. The molecule has 1 aromatic heterocycles. The standard InChI is InChI=1S/C20H24FN3S2/c21-14-6-8-15(9-7-14)22-20(25)23-16-11-17-3-1-4-18(12-16)24(17)13-19-5-2-10-26-19/h2,5-10,16-18H,1,3-4,11-13H2,(H2,22,23,25)/t16?,17-,18+. The van der Waals surface area contributed by atoms with Gasteiger partial charge in [0.15, 0.2) is 5.11 Å². The van der Waals surface area contributed by atoms with Gasteiger partial charge in [-0.25, -0.2) is 4.39 Å². The number of hydrogen-bond acceptors (Lipinski definition) is 3. The molecule has 6 heteroatoms. The first-order valence-corrected chi connectivity index (χ1v) is 10.6. The van der Waals surface area contributed by atoms with E-state index in [9.17, 15) is 4.39 Å². The van der Waals surface area contributed by atoms with Crippen LogP contribution in [0.2, 0.25) is 0 Å². The average Bonchev–Trinajstić information content (AvgIpc) is 3.11. The highest BCUT2D eigenvalue weighted by Gasteiger charge is 2.38. The van der Waals surface area contributed by atoms with Gasteiger partial charge < -0.3 is 10.6 Å². The number of anilines is 1. The normalized spacial score (nSPS) is 25.7. The summed E-state index contributed by atoms with van der Waals surface area (Å²) in [6, 6.07) is 12.4. The van der Waals surface area contributed by atoms with Gasteiger partial charge in [0, 0.05) is 35.2 Å². The molecule has 2 saturated heterocycles. The Labute approximate surface area is 163 Å². The molecular formula is C20H24FN3S2. The topological polar surface area (TPSA) is 27.3 Å². The van der Waals surface area contributed by atoms with Crippen molar-refractivity contribution in [1.82, 2.24) is 10.2 Å². The largest absolute Gasteiger partial charge is 0.360 e. The number of halogens is 1. The van der Waals surface area contributed by atoms with Gasteiger partial charge in [-0.1, -0.05) is 12.5 Å². The Morgan fingerprint density at radius 2 is 1.88 bits per heavy atom. The third-order valence-electron chi connectivity index (χ3n) is 5.48. The summed E-state index contributed by atoms with van der Waals surface area (Å²) in [7, 11) is 0. The van der Waals surface area contributed by atoms with Crippen molar-refractivity contribution in [2.45, 2.75) is 56.8 Å². The van der Waals surface area contributed by atoms with Gasteiger partial charge in [0.2, 0.25) is 0 Å². The molecular weight excluding hydrogens is 365 g/mol. The highest BCUT2D eigenvalue weighted by Crippen LogP contribution is 2.35. The highest BCUT2D eigenvalue weighted by molar-refractivity contribution is 7.80. The predicted molar refractivity (Wildman–Crippen MR) is 110 cm³/mol. The molecule has 2 bridgehead atoms. The molecule has 3 heterocycles. The van der Waals surface area contributed by atoms with Crippen molar-refractivity contribution in [2.75, 3.05) is 5.32 Å². The van der Waals surface area contributed by atoms with Gasteiger partial charge in [0.1, 0.15) is 5.82 Å². The molecule has 2 aromatic rings. The maximum absolute atomic E-state index is 13.0. The third kappa shape index (κ3) is 4.24. The summed E-state index contributed by atoms with van der Waals surface area (Å²) in [6.45, 7) is 1.08. The van der Waals surface area contributed by atoms with Crippen LogP contribution in [0.3, 0.4) is 0 Å². The minimum absolute atomic E-state index is 0.236. The van der Waals surface area contributed by atoms with Crippen LogP contribution in [-0.4, -0.2) is 28.1 Å². The molecule has 0 aliphatic carbocycles. The Kier molecular flexibility index (Phi) is 5.52. The van der Waals surface area contributed by atoms with E-state index in [4.69, 9.17) is 12.2 Å². The molecule has 3 atom stereocenters. The lowest BCUT2D eigenvalue weighted by Gasteiger charge is -2.49. The van der Waals surface area contributed by atoms with Crippen molar-refractivity contribution in [3.8, 4) is 0 Å². The number of piperidine rings is 2. The maximum atomic E-state index is 13.0. The summed E-state index contributed by atoms with van der Waals surface area (Å²) >= 11 is 7.33. The van der Waals surface area contributed by atoms with Crippen LogP contribution < -0.4 is 10.6 Å². The van der Waals surface area contributed by atoms with E-state index in [1.54, 1.807) is 12.1 Å². The van der Waals surface area contributed by atoms with Crippen LogP contribution in [-0.2, 0) is 6.54 Å². The molecule has 2 aliphatic rings. The summed E-state index contributed by atoms with van der Waals surface area (Å²) in [5.74, 6) is -0.236. The van der Waals surface area contributed by atoms with Gasteiger partial charge in [-0.3, -0.25) is 4.90 Å². The van der Waals surface area contributed by atoms with Crippen LogP contribution in [0.15, 0.2) is 41.8 Å². The minimum Gasteiger partial charge on any atom is -0.360 e. The van der Waals surface area contributed by atoms with Crippen LogP contribution in [0.1, 0.15) is 37.0 Å². The number of nitrogens with one attached hydrogen (secondary N) is 2. The molecule has 0 amide bonds. The molecule has 2 N–H and O–H groups in total. The fourth-order valence-corrected chi connectivity index (χ4v) is 5.32. The summed E-state index contributed by atoms with van der Waals surface area (Å²) < 4.78 is 13.0. The zero-order chi connectivity index (χ0) is 17.9. The van der Waals surface area contributed by atoms with E-state index in [1.165, 1.54) is 36.3 Å². The molecule has 2 aliphatic heterocycles. The monoisotopic (exact) mass is 389 g/mol. The predicted octanol–water partition coefficient (Wildman–Crippen LogP) is 4.76. The second-order valence-electron chi connectivity index (χ2n) is 7.26. The van der Waals surface area contributed by atoms with Crippen molar-refractivity contribution in [2.24, 2.45) is 0 Å². The summed E-state index contributed by atoms with van der Waals surface area (Å²) in [5, 5.41) is 9.46. The fourth-order valence-electron chi connectivity index (χ4n) is 4.32. The van der Waals surface area contributed by atoms with Crippen molar-refractivity contribution in [3.05, 3.63) is 52.5 Å². The average molecular weight is 390 g/mol. The van der Waals surface area contributed by atoms with Crippen molar-refractivity contribution in [1.29, 1.82) is 0 Å². The molecule has 0 radical (unpaired) electrons. The van der Waals surface area contributed by atoms with E-state index in [1.807, 2.05) is 11.3 Å². The smallest absolute Gasteiger partial charge is 0.170 e. The van der Waals surface area contributed by atoms with Gasteiger partial charge in [-0.2, -0.15) is 0 Å². The Bertz CT molecular complexity index is 718. The fraction of sp³-hybridized carbons (Fsp3) is 0.450. The first-order valence-electron chi connectivity index (χ1n) is 9.28. The summed E-state index contributed by atoms with van der Waals surface area (Å²) in [5.41, 5.74) is 0.819. The summed E-state index contributed by atoms with van der Waals surface area (Å²) in [6.07, 6.45) is 6.15. The molecule has 3 nitrogen and oxygen atoms in total. The third-order valence-corrected chi connectivity index (χ3v) is 6.56. The van der Waals surface area contributed by atoms with E-state index in [-0.39, 0.29) is 5.82 Å². The van der Waals surface area contributed by atoms with Crippen LogP contribution in [0.4, 0.5) is 10.1 Å². The highest BCUT2D eigenvalue weighted by atomic mass is 32.1. The van der Waals surface area contributed by atoms with E-state index in [0.717, 1.165) is 25.1 Å². The van der Waals surface area contributed by atoms with Crippen LogP contribution in [0, 0.1) is 5.82 Å². The molecule has 138 valence electrons. The SMILES string of the molecule is Fc1ccc(NC(=S)NC2C[C@H]3CCC[C@@H](C2)N3Cc2cccs2)cc1. The number of fused-ring (bicyclic) bond motifs is 2. The number of benzene rings is 1. The lowest BCUT2D eigenvalue weighted by Crippen LogP contribution is -2.56. The number of thiocarbonyl (C=S) groups is 1. The number of hydrogen-bond donors (Lipinski definition) is 2. The van der Waals surface area contributed by atoms with Crippen molar-refractivity contribution >= 4 is 34.4 Å². The van der Waals surface area contributed by atoms with Gasteiger partial charge >= 0.3 is 0 Å². The molecule has 1 aromatic carbocycles. The Morgan fingerprint density at radius 3 is 2.54 bits per heavy atom. The minimum atomic E-state index is -0.236. The first kappa shape index (κ1) is 17.9. The lowest BCUT2D eigenvalue weighted by atomic mass is 9.81. The van der Waals surface area contributed by atoms with Gasteiger partial charge in [0.05, 0.1) is 0 Å². The second kappa shape index (κ2) is 8.03. The summed E-state index contributed by atoms with van der Waals surface area (Å²) in [4.78, 5) is 4.17. The zero-order valence-corrected chi connectivity index (χ0v) is 16.3. The molecule has 0 spiro atoms. The molecule has 2 fully saturated rings. The van der Waals surface area contributed by atoms with E-state index in [2.05, 4.69) is 33.0 Å². The van der Waals surface area contributed by atoms with E-state index in [0.29, 0.717) is 23.2 Å². The van der Waals surface area contributed by atoms with E-state index < -0.39 is 0 Å².